The molecule has 180 valence electrons. The van der Waals surface area contributed by atoms with Crippen molar-refractivity contribution in [2.75, 3.05) is 0 Å². The van der Waals surface area contributed by atoms with Crippen LogP contribution in [0.5, 0.6) is 5.75 Å². The van der Waals surface area contributed by atoms with E-state index in [1.807, 2.05) is 48.5 Å². The molecule has 0 amide bonds. The van der Waals surface area contributed by atoms with Crippen molar-refractivity contribution < 1.29 is 9.53 Å². The third-order valence-electron chi connectivity index (χ3n) is 8.30. The van der Waals surface area contributed by atoms with Crippen molar-refractivity contribution in [3.8, 4) is 22.9 Å². The summed E-state index contributed by atoms with van der Waals surface area (Å²) in [4.78, 5) is 12.8. The molecule has 0 aliphatic heterocycles. The lowest BCUT2D eigenvalue weighted by Gasteiger charge is -2.37. The van der Waals surface area contributed by atoms with Gasteiger partial charge in [-0.1, -0.05) is 69.7 Å². The summed E-state index contributed by atoms with van der Waals surface area (Å²) >= 11 is 0. The molecule has 2 aliphatic rings. The summed E-state index contributed by atoms with van der Waals surface area (Å²) in [6, 6.07) is 17.3. The molecule has 0 heterocycles. The fourth-order valence-corrected chi connectivity index (χ4v) is 6.11. The highest BCUT2D eigenvalue weighted by atomic mass is 16.5. The third kappa shape index (κ3) is 6.50. The number of unbranched alkanes of at least 4 members (excludes halogenated alkanes) is 2. The van der Waals surface area contributed by atoms with Crippen LogP contribution in [-0.2, 0) is 4.79 Å². The van der Waals surface area contributed by atoms with Crippen LogP contribution in [0.3, 0.4) is 0 Å². The van der Waals surface area contributed by atoms with Crippen molar-refractivity contribution in [1.82, 2.24) is 0 Å². The van der Waals surface area contributed by atoms with Gasteiger partial charge in [0.2, 0.25) is 0 Å². The van der Waals surface area contributed by atoms with Gasteiger partial charge in [-0.25, -0.2) is 0 Å². The summed E-state index contributed by atoms with van der Waals surface area (Å²) in [5.74, 6) is 3.26. The van der Waals surface area contributed by atoms with E-state index in [0.717, 1.165) is 41.7 Å². The number of hydrogen-bond donors (Lipinski definition) is 0. The van der Waals surface area contributed by atoms with Crippen LogP contribution in [0.1, 0.15) is 89.5 Å². The molecule has 3 nitrogen and oxygen atoms in total. The van der Waals surface area contributed by atoms with Gasteiger partial charge in [-0.15, -0.1) is 0 Å². The number of benzene rings is 2. The van der Waals surface area contributed by atoms with Crippen molar-refractivity contribution >= 4 is 5.97 Å². The highest BCUT2D eigenvalue weighted by molar-refractivity contribution is 5.75. The molecule has 0 N–H and O–H groups in total. The lowest BCUT2D eigenvalue weighted by atomic mass is 9.68. The Labute approximate surface area is 205 Å². The maximum Gasteiger partial charge on any atom is 0.314 e. The molecule has 0 radical (unpaired) electrons. The molecule has 2 fully saturated rings. The molecule has 0 aromatic heterocycles. The van der Waals surface area contributed by atoms with Crippen molar-refractivity contribution in [2.45, 2.75) is 84.0 Å². The van der Waals surface area contributed by atoms with Crippen molar-refractivity contribution in [3.63, 3.8) is 0 Å². The molecule has 4 rings (SSSR count). The Kier molecular flexibility index (Phi) is 8.80. The zero-order chi connectivity index (χ0) is 23.8. The third-order valence-corrected chi connectivity index (χ3v) is 8.30. The fourth-order valence-electron chi connectivity index (χ4n) is 6.11. The first-order chi connectivity index (χ1) is 16.7. The number of ether oxygens (including phenoxy) is 1. The van der Waals surface area contributed by atoms with E-state index in [0.29, 0.717) is 11.3 Å². The Bertz CT molecular complexity index is 940. The lowest BCUT2D eigenvalue weighted by molar-refractivity contribution is -0.140. The Morgan fingerprint density at radius 1 is 0.824 bits per heavy atom. The van der Waals surface area contributed by atoms with Gasteiger partial charge in [-0.05, 0) is 91.7 Å². The molecular formula is C31H39NO2. The predicted molar refractivity (Wildman–Crippen MR) is 137 cm³/mol. The largest absolute Gasteiger partial charge is 0.426 e. The summed E-state index contributed by atoms with van der Waals surface area (Å²) in [5, 5.41) is 8.95. The van der Waals surface area contributed by atoms with Crippen LogP contribution in [0.25, 0.3) is 11.1 Å². The first-order valence-electron chi connectivity index (χ1n) is 13.5. The van der Waals surface area contributed by atoms with Crippen molar-refractivity contribution in [2.24, 2.45) is 23.7 Å². The standard InChI is InChI=1S/C31H39NO2/c1-2-3-4-5-23-6-10-25(11-7-23)27-14-16-29(17-15-27)31(33)34-30-20-18-28(19-21-30)26-12-8-24(22-32)9-13-26/h8-9,12-13,18-21,23,25,27,29H,2-7,10-11,14-17H2,1H3/t23-,25-,27?,29?. The van der Waals surface area contributed by atoms with Crippen LogP contribution >= 0.6 is 0 Å². The van der Waals surface area contributed by atoms with E-state index < -0.39 is 0 Å². The first-order valence-corrected chi connectivity index (χ1v) is 13.5. The molecule has 2 aliphatic carbocycles. The van der Waals surface area contributed by atoms with E-state index in [1.165, 1.54) is 64.2 Å². The summed E-state index contributed by atoms with van der Waals surface area (Å²) in [7, 11) is 0. The molecule has 34 heavy (non-hydrogen) atoms. The number of nitriles is 1. The van der Waals surface area contributed by atoms with Crippen LogP contribution in [0, 0.1) is 35.0 Å². The second kappa shape index (κ2) is 12.2. The molecule has 0 saturated heterocycles. The van der Waals surface area contributed by atoms with E-state index in [1.54, 1.807) is 0 Å². The monoisotopic (exact) mass is 457 g/mol. The number of carbonyl (C=O) groups is 1. The van der Waals surface area contributed by atoms with Gasteiger partial charge >= 0.3 is 5.97 Å². The second-order valence-corrected chi connectivity index (χ2v) is 10.5. The van der Waals surface area contributed by atoms with Crippen LogP contribution in [-0.4, -0.2) is 5.97 Å². The van der Waals surface area contributed by atoms with Gasteiger partial charge in [0, 0.05) is 0 Å². The van der Waals surface area contributed by atoms with Gasteiger partial charge in [-0.3, -0.25) is 4.79 Å². The van der Waals surface area contributed by atoms with Gasteiger partial charge in [0.25, 0.3) is 0 Å². The molecule has 0 spiro atoms. The van der Waals surface area contributed by atoms with Crippen molar-refractivity contribution in [3.05, 3.63) is 54.1 Å². The van der Waals surface area contributed by atoms with E-state index in [2.05, 4.69) is 13.0 Å². The number of carbonyl (C=O) groups excluding carboxylic acids is 1. The maximum atomic E-state index is 12.8. The molecule has 3 heteroatoms. The summed E-state index contributed by atoms with van der Waals surface area (Å²) < 4.78 is 5.74. The maximum absolute atomic E-state index is 12.8. The average molecular weight is 458 g/mol. The molecule has 2 aromatic rings. The lowest BCUT2D eigenvalue weighted by Crippen LogP contribution is -2.30. The van der Waals surface area contributed by atoms with Gasteiger partial charge in [0.1, 0.15) is 5.75 Å². The SMILES string of the molecule is CCCCC[C@H]1CC[C@H](C2CCC(C(=O)Oc3ccc(-c4ccc(C#N)cc4)cc3)CC2)CC1. The second-order valence-electron chi connectivity index (χ2n) is 10.5. The summed E-state index contributed by atoms with van der Waals surface area (Å²) in [6.45, 7) is 2.29. The van der Waals surface area contributed by atoms with E-state index in [-0.39, 0.29) is 11.9 Å². The van der Waals surface area contributed by atoms with E-state index in [9.17, 15) is 4.79 Å². The quantitative estimate of drug-likeness (QED) is 0.227. The molecule has 0 bridgehead atoms. The number of rotatable bonds is 8. The van der Waals surface area contributed by atoms with Gasteiger partial charge in [0.15, 0.2) is 0 Å². The van der Waals surface area contributed by atoms with E-state index >= 15 is 0 Å². The molecule has 0 unspecified atom stereocenters. The average Bonchev–Trinajstić information content (AvgIpc) is 2.90. The first kappa shape index (κ1) is 24.5. The zero-order valence-electron chi connectivity index (χ0n) is 20.7. The molecule has 2 saturated carbocycles. The van der Waals surface area contributed by atoms with Crippen molar-refractivity contribution in [1.29, 1.82) is 5.26 Å². The molecular weight excluding hydrogens is 418 g/mol. The Morgan fingerprint density at radius 2 is 1.38 bits per heavy atom. The smallest absolute Gasteiger partial charge is 0.314 e. The molecule has 0 atom stereocenters. The van der Waals surface area contributed by atoms with Crippen LogP contribution in [0.15, 0.2) is 48.5 Å². The van der Waals surface area contributed by atoms with Crippen LogP contribution in [0.2, 0.25) is 0 Å². The normalized spacial score (nSPS) is 24.8. The van der Waals surface area contributed by atoms with Gasteiger partial charge in [-0.2, -0.15) is 5.26 Å². The minimum atomic E-state index is -0.0656. The highest BCUT2D eigenvalue weighted by Crippen LogP contribution is 2.42. The Morgan fingerprint density at radius 3 is 1.94 bits per heavy atom. The predicted octanol–water partition coefficient (Wildman–Crippen LogP) is 8.32. The fraction of sp³-hybridized carbons (Fsp3) is 0.548. The van der Waals surface area contributed by atoms with Gasteiger partial charge < -0.3 is 4.74 Å². The van der Waals surface area contributed by atoms with Gasteiger partial charge in [0.05, 0.1) is 17.6 Å². The zero-order valence-corrected chi connectivity index (χ0v) is 20.7. The summed E-state index contributed by atoms with van der Waals surface area (Å²) in [5.41, 5.74) is 2.74. The summed E-state index contributed by atoms with van der Waals surface area (Å²) in [6.07, 6.45) is 15.5. The minimum absolute atomic E-state index is 0.0415. The van der Waals surface area contributed by atoms with Crippen LogP contribution < -0.4 is 4.74 Å². The Balaban J connectivity index is 1.21. The number of hydrogen-bond acceptors (Lipinski definition) is 3. The van der Waals surface area contributed by atoms with Crippen LogP contribution in [0.4, 0.5) is 0 Å². The highest BCUT2D eigenvalue weighted by Gasteiger charge is 2.33. The van der Waals surface area contributed by atoms with E-state index in [4.69, 9.17) is 10.00 Å². The number of esters is 1. The minimum Gasteiger partial charge on any atom is -0.426 e. The molecule has 2 aromatic carbocycles. The Hall–Kier alpha value is -2.60. The topological polar surface area (TPSA) is 50.1 Å². The number of nitrogens with zero attached hydrogens (tertiary/aromatic N) is 1.